The molecule has 0 radical (unpaired) electrons. The average molecular weight is 401 g/mol. The molecule has 0 saturated carbocycles. The van der Waals surface area contributed by atoms with E-state index in [0.717, 1.165) is 23.3 Å². The Morgan fingerprint density at radius 2 is 1.96 bits per heavy atom. The van der Waals surface area contributed by atoms with E-state index in [2.05, 4.69) is 4.98 Å². The van der Waals surface area contributed by atoms with Crippen LogP contribution < -0.4 is 10.3 Å². The SMILES string of the molecule is CCCOC(=O)C(CC)n1c(C)nc2scc(-c3ccc(OC)cc3)c2c1=O. The van der Waals surface area contributed by atoms with Crippen LogP contribution in [0.1, 0.15) is 38.6 Å². The summed E-state index contributed by atoms with van der Waals surface area (Å²) in [6, 6.07) is 6.86. The zero-order valence-corrected chi connectivity index (χ0v) is 17.3. The molecule has 0 aliphatic carbocycles. The van der Waals surface area contributed by atoms with E-state index in [0.29, 0.717) is 29.1 Å². The van der Waals surface area contributed by atoms with Gasteiger partial charge in [-0.05, 0) is 37.5 Å². The predicted molar refractivity (Wildman–Crippen MR) is 111 cm³/mol. The molecule has 1 aromatic carbocycles. The molecule has 0 amide bonds. The monoisotopic (exact) mass is 400 g/mol. The Morgan fingerprint density at radius 1 is 1.25 bits per heavy atom. The first-order chi connectivity index (χ1) is 13.5. The van der Waals surface area contributed by atoms with Crippen molar-refractivity contribution >= 4 is 27.5 Å². The molecular formula is C21H24N2O4S. The first-order valence-corrected chi connectivity index (χ1v) is 10.2. The molecule has 3 rings (SSSR count). The minimum Gasteiger partial charge on any atom is -0.497 e. The Labute approximate surface area is 167 Å². The normalized spacial score (nSPS) is 12.1. The number of aromatic nitrogens is 2. The number of esters is 1. The van der Waals surface area contributed by atoms with Crippen LogP contribution >= 0.6 is 11.3 Å². The van der Waals surface area contributed by atoms with Crippen molar-refractivity contribution in [2.45, 2.75) is 39.7 Å². The number of carbonyl (C=O) groups is 1. The van der Waals surface area contributed by atoms with Gasteiger partial charge in [0.2, 0.25) is 0 Å². The summed E-state index contributed by atoms with van der Waals surface area (Å²) >= 11 is 1.43. The number of aryl methyl sites for hydroxylation is 1. The summed E-state index contributed by atoms with van der Waals surface area (Å²) in [7, 11) is 1.61. The van der Waals surface area contributed by atoms with Crippen molar-refractivity contribution < 1.29 is 14.3 Å². The van der Waals surface area contributed by atoms with Crippen molar-refractivity contribution in [3.63, 3.8) is 0 Å². The molecule has 0 N–H and O–H groups in total. The van der Waals surface area contributed by atoms with Gasteiger partial charge < -0.3 is 9.47 Å². The lowest BCUT2D eigenvalue weighted by molar-refractivity contribution is -0.148. The zero-order valence-electron chi connectivity index (χ0n) is 16.5. The molecule has 6 nitrogen and oxygen atoms in total. The van der Waals surface area contributed by atoms with Crippen LogP contribution in [0.4, 0.5) is 0 Å². The highest BCUT2D eigenvalue weighted by Gasteiger charge is 2.25. The summed E-state index contributed by atoms with van der Waals surface area (Å²) < 4.78 is 12.0. The molecule has 0 aliphatic heterocycles. The maximum Gasteiger partial charge on any atom is 0.329 e. The summed E-state index contributed by atoms with van der Waals surface area (Å²) in [6.45, 7) is 5.90. The Kier molecular flexibility index (Phi) is 6.14. The maximum absolute atomic E-state index is 13.4. The molecule has 2 aromatic heterocycles. The smallest absolute Gasteiger partial charge is 0.329 e. The molecule has 1 unspecified atom stereocenters. The lowest BCUT2D eigenvalue weighted by Crippen LogP contribution is -2.33. The highest BCUT2D eigenvalue weighted by molar-refractivity contribution is 7.17. The minimum absolute atomic E-state index is 0.213. The van der Waals surface area contributed by atoms with E-state index in [1.54, 1.807) is 14.0 Å². The van der Waals surface area contributed by atoms with E-state index in [9.17, 15) is 9.59 Å². The van der Waals surface area contributed by atoms with Crippen molar-refractivity contribution in [2.24, 2.45) is 0 Å². The van der Waals surface area contributed by atoms with Gasteiger partial charge in [-0.25, -0.2) is 9.78 Å². The quantitative estimate of drug-likeness (QED) is 0.552. The first kappa shape index (κ1) is 20.1. The van der Waals surface area contributed by atoms with E-state index < -0.39 is 12.0 Å². The second-order valence-electron chi connectivity index (χ2n) is 6.48. The van der Waals surface area contributed by atoms with Gasteiger partial charge in [0.1, 0.15) is 22.4 Å². The number of hydrogen-bond donors (Lipinski definition) is 0. The van der Waals surface area contributed by atoms with Crippen LogP contribution in [-0.4, -0.2) is 29.2 Å². The van der Waals surface area contributed by atoms with E-state index in [4.69, 9.17) is 9.47 Å². The van der Waals surface area contributed by atoms with Gasteiger partial charge in [0, 0.05) is 10.9 Å². The molecule has 0 bridgehead atoms. The molecule has 0 saturated heterocycles. The number of methoxy groups -OCH3 is 1. The number of hydrogen-bond acceptors (Lipinski definition) is 6. The molecule has 7 heteroatoms. The summed E-state index contributed by atoms with van der Waals surface area (Å²) in [5.74, 6) is 0.872. The van der Waals surface area contributed by atoms with Gasteiger partial charge in [-0.1, -0.05) is 26.0 Å². The third-order valence-corrected chi connectivity index (χ3v) is 5.51. The highest BCUT2D eigenvalue weighted by atomic mass is 32.1. The van der Waals surface area contributed by atoms with Gasteiger partial charge >= 0.3 is 5.97 Å². The Balaban J connectivity index is 2.14. The van der Waals surface area contributed by atoms with Crippen molar-refractivity contribution in [1.82, 2.24) is 9.55 Å². The third-order valence-electron chi connectivity index (χ3n) is 4.64. The molecule has 1 atom stereocenters. The molecule has 28 heavy (non-hydrogen) atoms. The van der Waals surface area contributed by atoms with Crippen LogP contribution in [0.5, 0.6) is 5.75 Å². The minimum atomic E-state index is -0.681. The Hall–Kier alpha value is -2.67. The molecule has 0 aliphatic rings. The van der Waals surface area contributed by atoms with Crippen LogP contribution in [0.2, 0.25) is 0 Å². The maximum atomic E-state index is 13.4. The predicted octanol–water partition coefficient (Wildman–Crippen LogP) is 4.35. The summed E-state index contributed by atoms with van der Waals surface area (Å²) in [6.07, 6.45) is 1.19. The number of carbonyl (C=O) groups excluding carboxylic acids is 1. The molecule has 0 spiro atoms. The Morgan fingerprint density at radius 3 is 2.57 bits per heavy atom. The van der Waals surface area contributed by atoms with Gasteiger partial charge in [0.25, 0.3) is 5.56 Å². The van der Waals surface area contributed by atoms with E-state index in [-0.39, 0.29) is 5.56 Å². The van der Waals surface area contributed by atoms with Crippen LogP contribution in [0.15, 0.2) is 34.4 Å². The fourth-order valence-corrected chi connectivity index (χ4v) is 4.19. The van der Waals surface area contributed by atoms with E-state index in [1.807, 2.05) is 43.5 Å². The fraction of sp³-hybridized carbons (Fsp3) is 0.381. The van der Waals surface area contributed by atoms with Gasteiger partial charge in [-0.15, -0.1) is 11.3 Å². The fourth-order valence-electron chi connectivity index (χ4n) is 3.21. The number of rotatable bonds is 7. The van der Waals surface area contributed by atoms with Gasteiger partial charge in [0.15, 0.2) is 0 Å². The summed E-state index contributed by atoms with van der Waals surface area (Å²) in [4.78, 5) is 31.2. The standard InChI is InChI=1S/C21H24N2O4S/c1-5-11-27-21(25)17(6-2)23-13(3)22-19-18(20(23)24)16(12-28-19)14-7-9-15(26-4)10-8-14/h7-10,12,17H,5-6,11H2,1-4H3. The summed E-state index contributed by atoms with van der Waals surface area (Å²) in [5, 5.41) is 2.46. The van der Waals surface area contributed by atoms with Crippen molar-refractivity contribution in [3.8, 4) is 16.9 Å². The Bertz CT molecular complexity index is 1040. The van der Waals surface area contributed by atoms with Crippen molar-refractivity contribution in [3.05, 3.63) is 45.8 Å². The number of thiophene rings is 1. The zero-order chi connectivity index (χ0) is 20.3. The van der Waals surface area contributed by atoms with Gasteiger partial charge in [0.05, 0.1) is 19.1 Å². The topological polar surface area (TPSA) is 70.4 Å². The van der Waals surface area contributed by atoms with E-state index in [1.165, 1.54) is 15.9 Å². The van der Waals surface area contributed by atoms with E-state index >= 15 is 0 Å². The number of benzene rings is 1. The van der Waals surface area contributed by atoms with Crippen molar-refractivity contribution in [2.75, 3.05) is 13.7 Å². The molecule has 3 aromatic rings. The van der Waals surface area contributed by atoms with Crippen molar-refractivity contribution in [1.29, 1.82) is 0 Å². The highest BCUT2D eigenvalue weighted by Crippen LogP contribution is 2.32. The van der Waals surface area contributed by atoms with Crippen LogP contribution in [0, 0.1) is 6.92 Å². The molecule has 2 heterocycles. The van der Waals surface area contributed by atoms with Crippen LogP contribution in [0.3, 0.4) is 0 Å². The van der Waals surface area contributed by atoms with Gasteiger partial charge in [-0.3, -0.25) is 9.36 Å². The number of nitrogens with zero attached hydrogens (tertiary/aromatic N) is 2. The van der Waals surface area contributed by atoms with Crippen LogP contribution in [-0.2, 0) is 9.53 Å². The third kappa shape index (κ3) is 3.67. The largest absolute Gasteiger partial charge is 0.497 e. The second kappa shape index (κ2) is 8.56. The molecule has 148 valence electrons. The van der Waals surface area contributed by atoms with Gasteiger partial charge in [-0.2, -0.15) is 0 Å². The van der Waals surface area contributed by atoms with Crippen LogP contribution in [0.25, 0.3) is 21.3 Å². The lowest BCUT2D eigenvalue weighted by atomic mass is 10.1. The number of ether oxygens (including phenoxy) is 2. The average Bonchev–Trinajstić information content (AvgIpc) is 3.13. The second-order valence-corrected chi connectivity index (χ2v) is 7.34. The number of fused-ring (bicyclic) bond motifs is 1. The molecular weight excluding hydrogens is 376 g/mol. The summed E-state index contributed by atoms with van der Waals surface area (Å²) in [5.41, 5.74) is 1.50. The lowest BCUT2D eigenvalue weighted by Gasteiger charge is -2.19. The first-order valence-electron chi connectivity index (χ1n) is 9.33. The molecule has 0 fully saturated rings.